The second-order valence-corrected chi connectivity index (χ2v) is 9.26. The third kappa shape index (κ3) is 1.25. The lowest BCUT2D eigenvalue weighted by atomic mass is 9.55. The van der Waals surface area contributed by atoms with E-state index in [0.717, 1.165) is 17.7 Å². The number of benzene rings is 1. The zero-order valence-corrected chi connectivity index (χ0v) is 15.6. The first-order valence-corrected chi connectivity index (χ1v) is 9.78. The van der Waals surface area contributed by atoms with E-state index in [4.69, 9.17) is 4.74 Å². The molecule has 7 atom stereocenters. The average Bonchev–Trinajstić information content (AvgIpc) is 3.26. The average molecular weight is 369 g/mol. The van der Waals surface area contributed by atoms with Crippen LogP contribution < -0.4 is 5.32 Å². The van der Waals surface area contributed by atoms with E-state index in [1.165, 1.54) is 7.11 Å². The third-order valence-electron chi connectivity index (χ3n) is 8.84. The first kappa shape index (κ1) is 16.1. The van der Waals surface area contributed by atoms with Gasteiger partial charge in [-0.3, -0.25) is 0 Å². The minimum Gasteiger partial charge on any atom is -0.467 e. The maximum Gasteiger partial charge on any atom is 0.340 e. The molecule has 3 N–H and O–H groups in total. The monoisotopic (exact) mass is 369 g/mol. The van der Waals surface area contributed by atoms with Gasteiger partial charge in [0.1, 0.15) is 19.1 Å². The lowest BCUT2D eigenvalue weighted by Crippen LogP contribution is -2.74. The van der Waals surface area contributed by atoms with Crippen molar-refractivity contribution in [3.8, 4) is 0 Å². The number of ether oxygens (including phenoxy) is 1. The van der Waals surface area contributed by atoms with Crippen LogP contribution in [-0.2, 0) is 14.9 Å². The molecule has 6 heteroatoms. The number of para-hydroxylation sites is 1. The fourth-order valence-electron chi connectivity index (χ4n) is 8.31. The van der Waals surface area contributed by atoms with Crippen molar-refractivity contribution in [2.75, 3.05) is 25.5 Å². The molecule has 7 unspecified atom stereocenters. The summed E-state index contributed by atoms with van der Waals surface area (Å²) >= 11 is 0. The Kier molecular flexibility index (Phi) is 2.53. The van der Waals surface area contributed by atoms with Crippen molar-refractivity contribution in [3.05, 3.63) is 42.0 Å². The van der Waals surface area contributed by atoms with E-state index >= 15 is 0 Å². The van der Waals surface area contributed by atoms with Crippen LogP contribution in [0.15, 0.2) is 36.4 Å². The van der Waals surface area contributed by atoms with Gasteiger partial charge in [-0.1, -0.05) is 31.2 Å². The number of rotatable bonds is 1. The van der Waals surface area contributed by atoms with Gasteiger partial charge < -0.3 is 15.2 Å². The molecule has 6 rings (SSSR count). The van der Waals surface area contributed by atoms with E-state index in [-0.39, 0.29) is 23.0 Å². The van der Waals surface area contributed by atoms with Crippen LogP contribution in [0.3, 0.4) is 0 Å². The van der Waals surface area contributed by atoms with E-state index in [1.54, 1.807) is 0 Å². The Labute approximate surface area is 158 Å². The number of anilines is 1. The molecule has 1 aromatic rings. The van der Waals surface area contributed by atoms with E-state index in [2.05, 4.69) is 24.4 Å². The molecule has 2 bridgehead atoms. The van der Waals surface area contributed by atoms with Crippen molar-refractivity contribution in [2.24, 2.45) is 11.3 Å². The summed E-state index contributed by atoms with van der Waals surface area (Å²) in [7, 11) is 1.34. The minimum atomic E-state index is -1.65. The van der Waals surface area contributed by atoms with Crippen molar-refractivity contribution in [1.82, 2.24) is 0 Å². The number of quaternary nitrogens is 1. The smallest absolute Gasteiger partial charge is 0.340 e. The fraction of sp³-hybridized carbons (Fsp3) is 0.571. The molecule has 1 aromatic carbocycles. The van der Waals surface area contributed by atoms with Crippen molar-refractivity contribution in [2.45, 2.75) is 42.4 Å². The van der Waals surface area contributed by atoms with Gasteiger partial charge in [-0.25, -0.2) is 10.0 Å². The molecule has 3 fully saturated rings. The van der Waals surface area contributed by atoms with Gasteiger partial charge in [-0.2, -0.15) is 4.65 Å². The maximum absolute atomic E-state index is 13.0. The Morgan fingerprint density at radius 2 is 2.15 bits per heavy atom. The third-order valence-corrected chi connectivity index (χ3v) is 8.84. The number of methoxy groups -OCH3 is 1. The van der Waals surface area contributed by atoms with Gasteiger partial charge in [0.25, 0.3) is 0 Å². The highest BCUT2D eigenvalue weighted by molar-refractivity contribution is 5.88. The molecule has 0 radical (unpaired) electrons. The molecule has 27 heavy (non-hydrogen) atoms. The SMILES string of the molecule is COC(=O)C1(O)CC23C=CC[N+]4(O)CCC5(c6ccccc6NC15C2C)C34. The van der Waals surface area contributed by atoms with Crippen LogP contribution >= 0.6 is 0 Å². The zero-order chi connectivity index (χ0) is 18.9. The zero-order valence-electron chi connectivity index (χ0n) is 15.6. The fourth-order valence-corrected chi connectivity index (χ4v) is 8.31. The predicted molar refractivity (Wildman–Crippen MR) is 97.0 cm³/mol. The van der Waals surface area contributed by atoms with Crippen molar-refractivity contribution in [3.63, 3.8) is 0 Å². The number of esters is 1. The number of hydrogen-bond donors (Lipinski definition) is 3. The van der Waals surface area contributed by atoms with E-state index in [1.807, 2.05) is 24.3 Å². The largest absolute Gasteiger partial charge is 0.467 e. The summed E-state index contributed by atoms with van der Waals surface area (Å²) in [5.41, 5.74) is -1.41. The summed E-state index contributed by atoms with van der Waals surface area (Å²) in [6.07, 6.45) is 5.21. The minimum absolute atomic E-state index is 0.00411. The van der Waals surface area contributed by atoms with E-state index in [0.29, 0.717) is 13.1 Å². The molecular formula is C21H25N2O4+. The maximum atomic E-state index is 13.0. The Hall–Kier alpha value is -1.89. The number of nitrogens with zero attached hydrogens (tertiary/aromatic N) is 1. The summed E-state index contributed by atoms with van der Waals surface area (Å²) in [4.78, 5) is 13.0. The second kappa shape index (κ2) is 4.24. The predicted octanol–water partition coefficient (Wildman–Crippen LogP) is 1.58. The topological polar surface area (TPSA) is 78.8 Å². The quantitative estimate of drug-likeness (QED) is 0.398. The van der Waals surface area contributed by atoms with Crippen LogP contribution in [-0.4, -0.2) is 58.3 Å². The number of nitrogens with one attached hydrogen (secondary N) is 1. The molecule has 3 aliphatic heterocycles. The van der Waals surface area contributed by atoms with Crippen LogP contribution in [0.5, 0.6) is 0 Å². The summed E-state index contributed by atoms with van der Waals surface area (Å²) in [6.45, 7) is 3.33. The number of carbonyl (C=O) groups excluding carboxylic acids is 1. The highest BCUT2D eigenvalue weighted by atomic mass is 16.6. The molecule has 2 saturated carbocycles. The highest BCUT2D eigenvalue weighted by Crippen LogP contribution is 2.80. The standard InChI is InChI=1S/C21H25N2O4/c1-13-18-8-5-10-23(26)11-9-19(16(18)23)14-6-3-4-7-15(14)22-21(13,19)20(25,12-18)17(24)27-2/h3-8,13,16,22,25-26H,9-12H2,1-2H3/q+1. The van der Waals surface area contributed by atoms with Crippen molar-refractivity contribution >= 4 is 11.7 Å². The Bertz CT molecular complexity index is 933. The van der Waals surface area contributed by atoms with Gasteiger partial charge in [-0.05, 0) is 23.6 Å². The molecule has 1 saturated heterocycles. The molecule has 6 nitrogen and oxygen atoms in total. The van der Waals surface area contributed by atoms with Gasteiger partial charge in [0, 0.05) is 18.5 Å². The number of aliphatic hydroxyl groups is 1. The molecule has 0 aromatic heterocycles. The molecule has 3 heterocycles. The summed E-state index contributed by atoms with van der Waals surface area (Å²) in [5.74, 6) is -0.612. The van der Waals surface area contributed by atoms with Crippen LogP contribution in [0.2, 0.25) is 0 Å². The van der Waals surface area contributed by atoms with Crippen molar-refractivity contribution < 1.29 is 24.5 Å². The Balaban J connectivity index is 1.74. The second-order valence-electron chi connectivity index (χ2n) is 9.26. The molecule has 142 valence electrons. The Morgan fingerprint density at radius 1 is 1.37 bits per heavy atom. The van der Waals surface area contributed by atoms with Gasteiger partial charge >= 0.3 is 5.97 Å². The first-order chi connectivity index (χ1) is 12.8. The molecule has 0 amide bonds. The van der Waals surface area contributed by atoms with Crippen LogP contribution in [0, 0.1) is 11.3 Å². The van der Waals surface area contributed by atoms with Crippen LogP contribution in [0.4, 0.5) is 5.69 Å². The summed E-state index contributed by atoms with van der Waals surface area (Å²) < 4.78 is 5.12. The molecule has 2 aliphatic carbocycles. The van der Waals surface area contributed by atoms with Gasteiger partial charge in [0.15, 0.2) is 5.60 Å². The lowest BCUT2D eigenvalue weighted by Gasteiger charge is -2.53. The van der Waals surface area contributed by atoms with Gasteiger partial charge in [0.2, 0.25) is 0 Å². The number of fused-ring (bicyclic) bond motifs is 1. The Morgan fingerprint density at radius 3 is 2.93 bits per heavy atom. The van der Waals surface area contributed by atoms with Crippen LogP contribution in [0.1, 0.15) is 25.3 Å². The van der Waals surface area contributed by atoms with E-state index < -0.39 is 27.9 Å². The summed E-state index contributed by atoms with van der Waals surface area (Å²) in [6, 6.07) is 8.03. The van der Waals surface area contributed by atoms with E-state index in [9.17, 15) is 15.1 Å². The first-order valence-electron chi connectivity index (χ1n) is 9.78. The van der Waals surface area contributed by atoms with Crippen LogP contribution in [0.25, 0.3) is 0 Å². The normalized spacial score (nSPS) is 52.9. The number of hydrogen-bond acceptors (Lipinski definition) is 5. The number of hydroxylamine groups is 3. The molecular weight excluding hydrogens is 344 g/mol. The summed E-state index contributed by atoms with van der Waals surface area (Å²) in [5, 5.41) is 27.2. The lowest BCUT2D eigenvalue weighted by molar-refractivity contribution is -1.11. The van der Waals surface area contributed by atoms with Gasteiger partial charge in [-0.15, -0.1) is 0 Å². The molecule has 3 spiro atoms. The highest BCUT2D eigenvalue weighted by Gasteiger charge is 2.94. The van der Waals surface area contributed by atoms with Crippen molar-refractivity contribution in [1.29, 1.82) is 0 Å². The number of carbonyl (C=O) groups is 1. The van der Waals surface area contributed by atoms with Gasteiger partial charge in [0.05, 0.1) is 23.5 Å². The molecule has 5 aliphatic rings.